The molecule has 9 heteroatoms. The summed E-state index contributed by atoms with van der Waals surface area (Å²) in [7, 11) is 4.99. The standard InChI is InChI=1S/C21H25N3O6/c1-14(20(25)22-12-11-15-5-8-17(29-4)9-6-15)30-21(26)18-13-16(24(27)28)7-10-19(18)23(2)3/h5-10,13-14H,11-12H2,1-4H3,(H,22,25)/t14-/m0/s1. The maximum Gasteiger partial charge on any atom is 0.341 e. The highest BCUT2D eigenvalue weighted by Gasteiger charge is 2.23. The van der Waals surface area contributed by atoms with Crippen LogP contribution < -0.4 is 15.0 Å². The Morgan fingerprint density at radius 3 is 2.40 bits per heavy atom. The van der Waals surface area contributed by atoms with Gasteiger partial charge in [-0.3, -0.25) is 14.9 Å². The number of methoxy groups -OCH3 is 1. The van der Waals surface area contributed by atoms with Crippen LogP contribution in [0.5, 0.6) is 5.75 Å². The van der Waals surface area contributed by atoms with Crippen molar-refractivity contribution < 1.29 is 24.0 Å². The molecule has 0 saturated heterocycles. The van der Waals surface area contributed by atoms with Crippen LogP contribution in [-0.4, -0.2) is 50.7 Å². The van der Waals surface area contributed by atoms with Crippen LogP contribution in [0.1, 0.15) is 22.8 Å². The second-order valence-corrected chi connectivity index (χ2v) is 6.79. The summed E-state index contributed by atoms with van der Waals surface area (Å²) in [5, 5.41) is 13.7. The number of hydrogen-bond acceptors (Lipinski definition) is 7. The van der Waals surface area contributed by atoms with Crippen molar-refractivity contribution in [2.75, 3.05) is 32.6 Å². The number of nitro benzene ring substituents is 1. The summed E-state index contributed by atoms with van der Waals surface area (Å²) in [4.78, 5) is 36.9. The number of carbonyl (C=O) groups is 2. The molecule has 0 spiro atoms. The molecule has 1 amide bonds. The molecular weight excluding hydrogens is 390 g/mol. The lowest BCUT2D eigenvalue weighted by Crippen LogP contribution is -2.37. The van der Waals surface area contributed by atoms with Gasteiger partial charge in [-0.25, -0.2) is 4.79 Å². The fourth-order valence-corrected chi connectivity index (χ4v) is 2.73. The molecule has 0 aliphatic rings. The predicted octanol–water partition coefficient (Wildman–Crippen LogP) is 2.57. The number of benzene rings is 2. The van der Waals surface area contributed by atoms with E-state index in [-0.39, 0.29) is 11.3 Å². The lowest BCUT2D eigenvalue weighted by Gasteiger charge is -2.18. The maximum absolute atomic E-state index is 12.6. The molecule has 9 nitrogen and oxygen atoms in total. The Labute approximate surface area is 174 Å². The maximum atomic E-state index is 12.6. The van der Waals surface area contributed by atoms with E-state index in [1.54, 1.807) is 26.1 Å². The Kier molecular flexibility index (Phi) is 7.74. The van der Waals surface area contributed by atoms with E-state index in [9.17, 15) is 19.7 Å². The third-order valence-corrected chi connectivity index (χ3v) is 4.42. The second kappa shape index (κ2) is 10.2. The Balaban J connectivity index is 1.96. The third-order valence-electron chi connectivity index (χ3n) is 4.42. The highest BCUT2D eigenvalue weighted by Crippen LogP contribution is 2.25. The first-order chi connectivity index (χ1) is 14.2. The average Bonchev–Trinajstić information content (AvgIpc) is 2.73. The number of nitro groups is 1. The predicted molar refractivity (Wildman–Crippen MR) is 112 cm³/mol. The van der Waals surface area contributed by atoms with Crippen molar-refractivity contribution in [1.82, 2.24) is 5.32 Å². The number of nitrogens with one attached hydrogen (secondary N) is 1. The number of hydrogen-bond donors (Lipinski definition) is 1. The van der Waals surface area contributed by atoms with Gasteiger partial charge in [0.2, 0.25) is 0 Å². The summed E-state index contributed by atoms with van der Waals surface area (Å²) in [5.74, 6) is -0.504. The molecule has 0 heterocycles. The van der Waals surface area contributed by atoms with E-state index in [0.717, 1.165) is 17.4 Å². The van der Waals surface area contributed by atoms with Crippen molar-refractivity contribution in [1.29, 1.82) is 0 Å². The molecule has 0 saturated carbocycles. The zero-order chi connectivity index (χ0) is 22.3. The average molecular weight is 415 g/mol. The van der Waals surface area contributed by atoms with Crippen LogP contribution in [0.15, 0.2) is 42.5 Å². The SMILES string of the molecule is COc1ccc(CCNC(=O)[C@H](C)OC(=O)c2cc([N+](=O)[O-])ccc2N(C)C)cc1. The number of amides is 1. The molecule has 0 aromatic heterocycles. The van der Waals surface area contributed by atoms with Gasteiger partial charge in [-0.1, -0.05) is 12.1 Å². The number of non-ortho nitro benzene ring substituents is 1. The molecule has 2 aromatic rings. The molecule has 30 heavy (non-hydrogen) atoms. The Morgan fingerprint density at radius 1 is 1.17 bits per heavy atom. The number of esters is 1. The Morgan fingerprint density at radius 2 is 1.83 bits per heavy atom. The van der Waals surface area contributed by atoms with Crippen molar-refractivity contribution in [3.63, 3.8) is 0 Å². The van der Waals surface area contributed by atoms with Crippen molar-refractivity contribution in [2.45, 2.75) is 19.4 Å². The van der Waals surface area contributed by atoms with Crippen LogP contribution in [0, 0.1) is 10.1 Å². The topological polar surface area (TPSA) is 111 Å². The molecule has 2 aromatic carbocycles. The highest BCUT2D eigenvalue weighted by atomic mass is 16.6. The zero-order valence-corrected chi connectivity index (χ0v) is 17.4. The fourth-order valence-electron chi connectivity index (χ4n) is 2.73. The number of rotatable bonds is 9. The first-order valence-corrected chi connectivity index (χ1v) is 9.30. The van der Waals surface area contributed by atoms with E-state index < -0.39 is 22.9 Å². The van der Waals surface area contributed by atoms with Gasteiger partial charge in [-0.2, -0.15) is 0 Å². The van der Waals surface area contributed by atoms with Crippen molar-refractivity contribution >= 4 is 23.3 Å². The van der Waals surface area contributed by atoms with Crippen molar-refractivity contribution in [2.24, 2.45) is 0 Å². The van der Waals surface area contributed by atoms with Crippen LogP contribution in [-0.2, 0) is 16.0 Å². The van der Waals surface area contributed by atoms with Crippen molar-refractivity contribution in [3.05, 3.63) is 63.7 Å². The molecule has 0 radical (unpaired) electrons. The lowest BCUT2D eigenvalue weighted by atomic mass is 10.1. The number of ether oxygens (including phenoxy) is 2. The largest absolute Gasteiger partial charge is 0.497 e. The lowest BCUT2D eigenvalue weighted by molar-refractivity contribution is -0.384. The monoisotopic (exact) mass is 415 g/mol. The van der Waals surface area contributed by atoms with Crippen LogP contribution >= 0.6 is 0 Å². The molecule has 0 fully saturated rings. The number of carbonyl (C=O) groups excluding carboxylic acids is 2. The Bertz CT molecular complexity index is 911. The van der Waals surface area contributed by atoms with Crippen molar-refractivity contribution in [3.8, 4) is 5.75 Å². The van der Waals surface area contributed by atoms with E-state index in [0.29, 0.717) is 18.7 Å². The number of nitrogens with zero attached hydrogens (tertiary/aromatic N) is 2. The molecule has 0 aliphatic heterocycles. The summed E-state index contributed by atoms with van der Waals surface area (Å²) in [5.41, 5.74) is 1.27. The summed E-state index contributed by atoms with van der Waals surface area (Å²) < 4.78 is 10.3. The zero-order valence-electron chi connectivity index (χ0n) is 17.4. The normalized spacial score (nSPS) is 11.3. The van der Waals surface area contributed by atoms with Crippen LogP contribution in [0.2, 0.25) is 0 Å². The molecule has 2 rings (SSSR count). The summed E-state index contributed by atoms with van der Waals surface area (Å²) in [6, 6.07) is 11.4. The molecule has 0 aliphatic carbocycles. The fraction of sp³-hybridized carbons (Fsp3) is 0.333. The summed E-state index contributed by atoms with van der Waals surface area (Å²) in [6.07, 6.45) is -0.450. The molecule has 1 N–H and O–H groups in total. The first-order valence-electron chi connectivity index (χ1n) is 9.30. The highest BCUT2D eigenvalue weighted by molar-refractivity contribution is 5.98. The van der Waals surface area contributed by atoms with E-state index in [1.807, 2.05) is 24.3 Å². The number of anilines is 1. The quantitative estimate of drug-likeness (QED) is 0.381. The van der Waals surface area contributed by atoms with Crippen LogP contribution in [0.25, 0.3) is 0 Å². The van der Waals surface area contributed by atoms with Gasteiger partial charge in [-0.05, 0) is 37.1 Å². The van der Waals surface area contributed by atoms with Gasteiger partial charge in [-0.15, -0.1) is 0 Å². The van der Waals surface area contributed by atoms with Gasteiger partial charge in [0.1, 0.15) is 5.75 Å². The second-order valence-electron chi connectivity index (χ2n) is 6.79. The minimum absolute atomic E-state index is 0.0204. The molecular formula is C21H25N3O6. The molecule has 160 valence electrons. The van der Waals surface area contributed by atoms with Crippen LogP contribution in [0.3, 0.4) is 0 Å². The van der Waals surface area contributed by atoms with E-state index in [2.05, 4.69) is 5.32 Å². The summed E-state index contributed by atoms with van der Waals surface area (Å²) in [6.45, 7) is 1.82. The minimum Gasteiger partial charge on any atom is -0.497 e. The smallest absolute Gasteiger partial charge is 0.341 e. The van der Waals surface area contributed by atoms with Gasteiger partial charge in [0.25, 0.3) is 11.6 Å². The first kappa shape index (κ1) is 22.7. The van der Waals surface area contributed by atoms with Gasteiger partial charge in [0, 0.05) is 32.8 Å². The molecule has 1 atom stereocenters. The molecule has 0 unspecified atom stereocenters. The van der Waals surface area contributed by atoms with Crippen LogP contribution in [0.4, 0.5) is 11.4 Å². The van der Waals surface area contributed by atoms with E-state index in [4.69, 9.17) is 9.47 Å². The van der Waals surface area contributed by atoms with Gasteiger partial charge in [0.15, 0.2) is 6.10 Å². The van der Waals surface area contributed by atoms with Gasteiger partial charge >= 0.3 is 5.97 Å². The molecule has 0 bridgehead atoms. The third kappa shape index (κ3) is 5.94. The van der Waals surface area contributed by atoms with E-state index in [1.165, 1.54) is 19.1 Å². The Hall–Kier alpha value is -3.62. The minimum atomic E-state index is -1.05. The van der Waals surface area contributed by atoms with E-state index >= 15 is 0 Å². The summed E-state index contributed by atoms with van der Waals surface area (Å²) >= 11 is 0. The van der Waals surface area contributed by atoms with Gasteiger partial charge < -0.3 is 19.7 Å². The van der Waals surface area contributed by atoms with Gasteiger partial charge in [0.05, 0.1) is 23.3 Å².